The van der Waals surface area contributed by atoms with E-state index in [-0.39, 0.29) is 11.3 Å². The summed E-state index contributed by atoms with van der Waals surface area (Å²) in [5, 5.41) is 0. The molecular weight excluding hydrogens is 268 g/mol. The molecule has 1 fully saturated rings. The van der Waals surface area contributed by atoms with Crippen LogP contribution in [-0.4, -0.2) is 35.5 Å². The van der Waals surface area contributed by atoms with Gasteiger partial charge in [0.1, 0.15) is 0 Å². The summed E-state index contributed by atoms with van der Waals surface area (Å²) in [7, 11) is 1.90. The molecule has 1 saturated carbocycles. The number of H-pyrrole nitrogens is 1. The molecule has 1 aliphatic carbocycles. The number of pyridine rings is 1. The molecule has 0 saturated heterocycles. The second kappa shape index (κ2) is 7.86. The van der Waals surface area contributed by atoms with Crippen LogP contribution in [0.3, 0.4) is 0 Å². The average molecular weight is 292 g/mol. The van der Waals surface area contributed by atoms with E-state index in [2.05, 4.69) is 4.98 Å². The van der Waals surface area contributed by atoms with E-state index >= 15 is 0 Å². The van der Waals surface area contributed by atoms with Crippen LogP contribution in [0.4, 0.5) is 0 Å². The van der Waals surface area contributed by atoms with Gasteiger partial charge < -0.3 is 14.6 Å². The minimum absolute atomic E-state index is 0.139. The van der Waals surface area contributed by atoms with Crippen molar-refractivity contribution in [2.75, 3.05) is 13.7 Å². The molecule has 5 nitrogen and oxygen atoms in total. The molecule has 1 heterocycles. The number of nitrogens with zero attached hydrogens (tertiary/aromatic N) is 1. The van der Waals surface area contributed by atoms with E-state index in [0.29, 0.717) is 31.2 Å². The molecule has 0 aromatic carbocycles. The third-order valence-corrected chi connectivity index (χ3v) is 4.10. The van der Waals surface area contributed by atoms with Gasteiger partial charge in [0.2, 0.25) is 11.3 Å². The Labute approximate surface area is 125 Å². The van der Waals surface area contributed by atoms with Gasteiger partial charge in [-0.3, -0.25) is 9.59 Å². The summed E-state index contributed by atoms with van der Waals surface area (Å²) in [6.07, 6.45) is 10.2. The van der Waals surface area contributed by atoms with E-state index < -0.39 is 0 Å². The molecule has 5 heteroatoms. The van der Waals surface area contributed by atoms with E-state index in [1.54, 1.807) is 6.20 Å². The van der Waals surface area contributed by atoms with Crippen LogP contribution in [-0.2, 0) is 4.79 Å². The number of carbonyl (C=O) groups excluding carboxylic acids is 1. The Bertz CT molecular complexity index is 506. The largest absolute Gasteiger partial charge is 0.488 e. The molecule has 1 aromatic heterocycles. The lowest BCUT2D eigenvalue weighted by Crippen LogP contribution is -2.38. The molecule has 1 aliphatic rings. The van der Waals surface area contributed by atoms with E-state index in [1.807, 2.05) is 11.9 Å². The van der Waals surface area contributed by atoms with Crippen LogP contribution in [0.15, 0.2) is 23.3 Å². The van der Waals surface area contributed by atoms with Crippen molar-refractivity contribution < 1.29 is 9.53 Å². The molecule has 0 spiro atoms. The minimum atomic E-state index is -0.139. The van der Waals surface area contributed by atoms with Gasteiger partial charge in [-0.2, -0.15) is 0 Å². The van der Waals surface area contributed by atoms with Crippen molar-refractivity contribution in [2.45, 2.75) is 51.0 Å². The van der Waals surface area contributed by atoms with Gasteiger partial charge in [0.25, 0.3) is 0 Å². The first kappa shape index (κ1) is 15.6. The zero-order valence-corrected chi connectivity index (χ0v) is 12.6. The van der Waals surface area contributed by atoms with Crippen LogP contribution in [0, 0.1) is 0 Å². The van der Waals surface area contributed by atoms with Crippen LogP contribution >= 0.6 is 0 Å². The molecule has 2 rings (SSSR count). The molecule has 0 bridgehead atoms. The van der Waals surface area contributed by atoms with Gasteiger partial charge in [-0.05, 0) is 19.3 Å². The number of hydrogen-bond acceptors (Lipinski definition) is 3. The van der Waals surface area contributed by atoms with Crippen molar-refractivity contribution in [3.05, 3.63) is 28.7 Å². The zero-order valence-electron chi connectivity index (χ0n) is 12.6. The van der Waals surface area contributed by atoms with Gasteiger partial charge in [0, 0.05) is 38.0 Å². The summed E-state index contributed by atoms with van der Waals surface area (Å²) in [4.78, 5) is 28.3. The molecule has 1 N–H and O–H groups in total. The van der Waals surface area contributed by atoms with Crippen molar-refractivity contribution in [1.82, 2.24) is 9.88 Å². The van der Waals surface area contributed by atoms with Crippen molar-refractivity contribution >= 4 is 5.91 Å². The van der Waals surface area contributed by atoms with E-state index in [1.165, 1.54) is 31.5 Å². The Morgan fingerprint density at radius 1 is 1.38 bits per heavy atom. The highest BCUT2D eigenvalue weighted by Gasteiger charge is 2.21. The minimum Gasteiger partial charge on any atom is -0.488 e. The van der Waals surface area contributed by atoms with Crippen LogP contribution < -0.4 is 10.2 Å². The molecular formula is C16H24N2O3. The number of ether oxygens (including phenoxy) is 1. The monoisotopic (exact) mass is 292 g/mol. The number of rotatable bonds is 6. The second-order valence-corrected chi connectivity index (χ2v) is 5.62. The molecule has 0 aliphatic heterocycles. The summed E-state index contributed by atoms with van der Waals surface area (Å²) < 4.78 is 5.40. The third-order valence-electron chi connectivity index (χ3n) is 4.10. The van der Waals surface area contributed by atoms with Crippen LogP contribution in [0.1, 0.15) is 44.9 Å². The highest BCUT2D eigenvalue weighted by atomic mass is 16.5. The average Bonchev–Trinajstić information content (AvgIpc) is 2.53. The van der Waals surface area contributed by atoms with Gasteiger partial charge in [0.15, 0.2) is 5.75 Å². The Balaban J connectivity index is 1.69. The number of hydrogen-bond donors (Lipinski definition) is 1. The lowest BCUT2D eigenvalue weighted by atomic mass is 9.94. The summed E-state index contributed by atoms with van der Waals surface area (Å²) >= 11 is 0. The number of amides is 1. The maximum atomic E-state index is 12.1. The molecule has 1 aromatic rings. The van der Waals surface area contributed by atoms with E-state index in [9.17, 15) is 9.59 Å². The molecule has 1 amide bonds. The number of aromatic nitrogens is 1. The topological polar surface area (TPSA) is 62.4 Å². The second-order valence-electron chi connectivity index (χ2n) is 5.62. The Hall–Kier alpha value is -1.78. The fraction of sp³-hybridized carbons (Fsp3) is 0.625. The molecule has 21 heavy (non-hydrogen) atoms. The standard InChI is InChI=1S/C16H24N2O3/c1-18(13-6-3-2-4-7-13)16(20)8-5-11-21-15-12-17-10-9-14(15)19/h9-10,12-13H,2-8,11H2,1H3,(H,17,19). The number of carbonyl (C=O) groups is 1. The predicted molar refractivity (Wildman–Crippen MR) is 81.4 cm³/mol. The number of nitrogens with one attached hydrogen (secondary N) is 1. The fourth-order valence-electron chi connectivity index (χ4n) is 2.77. The Morgan fingerprint density at radius 2 is 2.14 bits per heavy atom. The molecule has 0 unspecified atom stereocenters. The van der Waals surface area contributed by atoms with Crippen molar-refractivity contribution in [1.29, 1.82) is 0 Å². The highest BCUT2D eigenvalue weighted by Crippen LogP contribution is 2.22. The SMILES string of the molecule is CN(C(=O)CCCOc1c[nH]ccc1=O)C1CCCCC1. The predicted octanol–water partition coefficient (Wildman–Crippen LogP) is 2.33. The van der Waals surface area contributed by atoms with Gasteiger partial charge in [-0.25, -0.2) is 0 Å². The maximum absolute atomic E-state index is 12.1. The van der Waals surface area contributed by atoms with Gasteiger partial charge in [0.05, 0.1) is 6.61 Å². The zero-order chi connectivity index (χ0) is 15.1. The number of aromatic amines is 1. The van der Waals surface area contributed by atoms with Gasteiger partial charge >= 0.3 is 0 Å². The van der Waals surface area contributed by atoms with Crippen molar-refractivity contribution in [3.63, 3.8) is 0 Å². The van der Waals surface area contributed by atoms with Gasteiger partial charge in [-0.1, -0.05) is 19.3 Å². The van der Waals surface area contributed by atoms with Crippen LogP contribution in [0.2, 0.25) is 0 Å². The van der Waals surface area contributed by atoms with Crippen LogP contribution in [0.5, 0.6) is 5.75 Å². The smallest absolute Gasteiger partial charge is 0.223 e. The maximum Gasteiger partial charge on any atom is 0.223 e. The summed E-state index contributed by atoms with van der Waals surface area (Å²) in [6.45, 7) is 0.386. The first-order valence-corrected chi connectivity index (χ1v) is 7.74. The lowest BCUT2D eigenvalue weighted by molar-refractivity contribution is -0.132. The third kappa shape index (κ3) is 4.62. The van der Waals surface area contributed by atoms with E-state index in [4.69, 9.17) is 4.74 Å². The van der Waals surface area contributed by atoms with Crippen molar-refractivity contribution in [3.8, 4) is 5.75 Å². The summed E-state index contributed by atoms with van der Waals surface area (Å²) in [5.74, 6) is 0.484. The van der Waals surface area contributed by atoms with Crippen molar-refractivity contribution in [2.24, 2.45) is 0 Å². The van der Waals surface area contributed by atoms with Gasteiger partial charge in [-0.15, -0.1) is 0 Å². The Morgan fingerprint density at radius 3 is 2.86 bits per heavy atom. The van der Waals surface area contributed by atoms with E-state index in [0.717, 1.165) is 12.8 Å². The summed E-state index contributed by atoms with van der Waals surface area (Å²) in [6, 6.07) is 1.83. The molecule has 116 valence electrons. The molecule has 0 atom stereocenters. The first-order valence-electron chi connectivity index (χ1n) is 7.74. The summed E-state index contributed by atoms with van der Waals surface area (Å²) in [5.41, 5.74) is -0.139. The van der Waals surface area contributed by atoms with Crippen LogP contribution in [0.25, 0.3) is 0 Å². The first-order chi connectivity index (χ1) is 10.2. The highest BCUT2D eigenvalue weighted by molar-refractivity contribution is 5.76. The molecule has 0 radical (unpaired) electrons. The lowest BCUT2D eigenvalue weighted by Gasteiger charge is -2.31. The normalized spacial score (nSPS) is 15.7. The fourth-order valence-corrected chi connectivity index (χ4v) is 2.77. The quantitative estimate of drug-likeness (QED) is 0.818. The Kier molecular flexibility index (Phi) is 5.84.